The smallest absolute Gasteiger partial charge is 0.335 e. The lowest BCUT2D eigenvalue weighted by atomic mass is 10.1. The van der Waals surface area contributed by atoms with Crippen LogP contribution in [0.3, 0.4) is 0 Å². The Morgan fingerprint density at radius 3 is 2.28 bits per heavy atom. The van der Waals surface area contributed by atoms with Gasteiger partial charge in [-0.3, -0.25) is 4.79 Å². The Morgan fingerprint density at radius 1 is 1.04 bits per heavy atom. The molecule has 5 heteroatoms. The molecule has 132 valence electrons. The minimum Gasteiger partial charge on any atom is -0.492 e. The number of nitrogens with zero attached hydrogens (tertiary/aromatic N) is 1. The van der Waals surface area contributed by atoms with Crippen LogP contribution in [0.2, 0.25) is 0 Å². The number of hydrogen-bond donors (Lipinski definition) is 1. The van der Waals surface area contributed by atoms with Gasteiger partial charge in [-0.2, -0.15) is 0 Å². The van der Waals surface area contributed by atoms with Crippen molar-refractivity contribution in [1.29, 1.82) is 0 Å². The van der Waals surface area contributed by atoms with Gasteiger partial charge in [0.1, 0.15) is 12.4 Å². The third kappa shape index (κ3) is 5.95. The predicted molar refractivity (Wildman–Crippen MR) is 96.0 cm³/mol. The summed E-state index contributed by atoms with van der Waals surface area (Å²) in [7, 11) is 1.76. The summed E-state index contributed by atoms with van der Waals surface area (Å²) < 4.78 is 5.63. The average molecular weight is 341 g/mol. The first-order valence-corrected chi connectivity index (χ1v) is 8.21. The molecule has 1 N–H and O–H groups in total. The van der Waals surface area contributed by atoms with Crippen LogP contribution in [-0.4, -0.2) is 42.1 Å². The van der Waals surface area contributed by atoms with Gasteiger partial charge in [0.2, 0.25) is 5.91 Å². The number of carboxylic acid groups (broad SMARTS) is 1. The second kappa shape index (κ2) is 8.87. The number of likely N-dealkylation sites (N-methyl/N-ethyl adjacent to an activating group) is 1. The van der Waals surface area contributed by atoms with E-state index in [0.717, 1.165) is 11.3 Å². The third-order valence-corrected chi connectivity index (χ3v) is 3.97. The average Bonchev–Trinajstić information content (AvgIpc) is 2.61. The molecule has 2 aromatic rings. The fraction of sp³-hybridized carbons (Fsp3) is 0.300. The molecule has 25 heavy (non-hydrogen) atoms. The molecule has 0 saturated carbocycles. The maximum atomic E-state index is 12.2. The lowest BCUT2D eigenvalue weighted by molar-refractivity contribution is -0.130. The molecule has 0 atom stereocenters. The van der Waals surface area contributed by atoms with Crippen LogP contribution in [-0.2, 0) is 11.2 Å². The number of aryl methyl sites for hydroxylation is 2. The molecule has 0 bridgehead atoms. The zero-order valence-corrected chi connectivity index (χ0v) is 14.6. The summed E-state index contributed by atoms with van der Waals surface area (Å²) in [6.45, 7) is 2.98. The Balaban J connectivity index is 1.72. The van der Waals surface area contributed by atoms with E-state index in [1.54, 1.807) is 36.2 Å². The van der Waals surface area contributed by atoms with Gasteiger partial charge in [-0.05, 0) is 43.2 Å². The van der Waals surface area contributed by atoms with Crippen LogP contribution in [0.4, 0.5) is 0 Å². The molecule has 0 spiro atoms. The third-order valence-electron chi connectivity index (χ3n) is 3.97. The number of aromatic carboxylic acids is 1. The Morgan fingerprint density at radius 2 is 1.68 bits per heavy atom. The van der Waals surface area contributed by atoms with E-state index in [-0.39, 0.29) is 11.5 Å². The van der Waals surface area contributed by atoms with Gasteiger partial charge < -0.3 is 14.7 Å². The first-order valence-electron chi connectivity index (χ1n) is 8.21. The quantitative estimate of drug-likeness (QED) is 0.801. The van der Waals surface area contributed by atoms with Crippen LogP contribution >= 0.6 is 0 Å². The van der Waals surface area contributed by atoms with Crippen LogP contribution in [0.15, 0.2) is 48.5 Å². The number of carbonyl (C=O) groups is 2. The summed E-state index contributed by atoms with van der Waals surface area (Å²) in [6.07, 6.45) is 0.968. The van der Waals surface area contributed by atoms with E-state index in [2.05, 4.69) is 0 Å². The second-order valence-corrected chi connectivity index (χ2v) is 5.98. The molecule has 2 rings (SSSR count). The molecule has 0 aliphatic carbocycles. The fourth-order valence-corrected chi connectivity index (χ4v) is 2.32. The van der Waals surface area contributed by atoms with Crippen LogP contribution in [0.25, 0.3) is 0 Å². The van der Waals surface area contributed by atoms with Crippen molar-refractivity contribution < 1.29 is 19.4 Å². The molecular formula is C20H23NO4. The fourth-order valence-electron chi connectivity index (χ4n) is 2.32. The first kappa shape index (κ1) is 18.5. The van der Waals surface area contributed by atoms with Gasteiger partial charge >= 0.3 is 5.97 Å². The van der Waals surface area contributed by atoms with E-state index >= 15 is 0 Å². The Labute approximate surface area is 147 Å². The lowest BCUT2D eigenvalue weighted by Gasteiger charge is -2.17. The molecule has 0 radical (unpaired) electrons. The highest BCUT2D eigenvalue weighted by Crippen LogP contribution is 2.11. The lowest BCUT2D eigenvalue weighted by Crippen LogP contribution is -2.31. The van der Waals surface area contributed by atoms with Gasteiger partial charge in [0.25, 0.3) is 0 Å². The van der Waals surface area contributed by atoms with Gasteiger partial charge in [0.15, 0.2) is 0 Å². The number of benzene rings is 2. The molecule has 5 nitrogen and oxygen atoms in total. The van der Waals surface area contributed by atoms with Crippen molar-refractivity contribution >= 4 is 11.9 Å². The number of amides is 1. The van der Waals surface area contributed by atoms with Crippen molar-refractivity contribution in [3.63, 3.8) is 0 Å². The Bertz CT molecular complexity index is 707. The maximum Gasteiger partial charge on any atom is 0.335 e. The van der Waals surface area contributed by atoms with E-state index in [9.17, 15) is 9.59 Å². The summed E-state index contributed by atoms with van der Waals surface area (Å²) in [4.78, 5) is 24.6. The minimum atomic E-state index is -0.948. The zero-order chi connectivity index (χ0) is 18.2. The predicted octanol–water partition coefficient (Wildman–Crippen LogP) is 3.16. The molecule has 2 aromatic carbocycles. The molecule has 1 amide bonds. The van der Waals surface area contributed by atoms with E-state index in [0.29, 0.717) is 26.0 Å². The minimum absolute atomic E-state index is 0.0369. The van der Waals surface area contributed by atoms with Crippen molar-refractivity contribution in [3.05, 3.63) is 65.2 Å². The van der Waals surface area contributed by atoms with Crippen LogP contribution in [0.1, 0.15) is 27.9 Å². The summed E-state index contributed by atoms with van der Waals surface area (Å²) in [5.74, 6) is -0.115. The molecule has 0 aliphatic rings. The van der Waals surface area contributed by atoms with Gasteiger partial charge in [-0.1, -0.05) is 29.8 Å². The Hall–Kier alpha value is -2.82. The zero-order valence-electron chi connectivity index (χ0n) is 14.6. The SMILES string of the molecule is Cc1ccc(OCCN(C)C(=O)CCc2ccc(C(=O)O)cc2)cc1. The number of hydrogen-bond acceptors (Lipinski definition) is 3. The normalized spacial score (nSPS) is 10.3. The summed E-state index contributed by atoms with van der Waals surface area (Å²) >= 11 is 0. The van der Waals surface area contributed by atoms with Gasteiger partial charge in [-0.15, -0.1) is 0 Å². The highest BCUT2D eigenvalue weighted by molar-refractivity contribution is 5.87. The maximum absolute atomic E-state index is 12.2. The Kier molecular flexibility index (Phi) is 6.57. The number of rotatable bonds is 8. The molecule has 0 heterocycles. The largest absolute Gasteiger partial charge is 0.492 e. The van der Waals surface area contributed by atoms with Crippen LogP contribution in [0, 0.1) is 6.92 Å². The van der Waals surface area contributed by atoms with E-state index in [4.69, 9.17) is 9.84 Å². The molecule has 0 aliphatic heterocycles. The summed E-state index contributed by atoms with van der Waals surface area (Å²) in [6, 6.07) is 14.4. The standard InChI is InChI=1S/C20H23NO4/c1-15-3-10-18(11-4-15)25-14-13-21(2)19(22)12-7-16-5-8-17(9-6-16)20(23)24/h3-6,8-11H,7,12-14H2,1-2H3,(H,23,24). The molecule has 0 saturated heterocycles. The highest BCUT2D eigenvalue weighted by Gasteiger charge is 2.09. The highest BCUT2D eigenvalue weighted by atomic mass is 16.5. The molecule has 0 unspecified atom stereocenters. The van der Waals surface area contributed by atoms with E-state index < -0.39 is 5.97 Å². The van der Waals surface area contributed by atoms with Crippen molar-refractivity contribution in [3.8, 4) is 5.75 Å². The van der Waals surface area contributed by atoms with Crippen molar-refractivity contribution in [1.82, 2.24) is 4.90 Å². The van der Waals surface area contributed by atoms with Crippen LogP contribution in [0.5, 0.6) is 5.75 Å². The molecule has 0 fully saturated rings. The number of carboxylic acids is 1. The number of ether oxygens (including phenoxy) is 1. The van der Waals surface area contributed by atoms with Crippen LogP contribution < -0.4 is 4.74 Å². The van der Waals surface area contributed by atoms with E-state index in [1.165, 1.54) is 5.56 Å². The van der Waals surface area contributed by atoms with Gasteiger partial charge in [-0.25, -0.2) is 4.79 Å². The summed E-state index contributed by atoms with van der Waals surface area (Å²) in [5.41, 5.74) is 2.37. The number of carbonyl (C=O) groups excluding carboxylic acids is 1. The van der Waals surface area contributed by atoms with Gasteiger partial charge in [0, 0.05) is 13.5 Å². The molecule has 0 aromatic heterocycles. The van der Waals surface area contributed by atoms with Crippen molar-refractivity contribution in [2.45, 2.75) is 19.8 Å². The summed E-state index contributed by atoms with van der Waals surface area (Å²) in [5, 5.41) is 8.87. The van der Waals surface area contributed by atoms with Crippen molar-refractivity contribution in [2.75, 3.05) is 20.2 Å². The molecular weight excluding hydrogens is 318 g/mol. The van der Waals surface area contributed by atoms with Crippen molar-refractivity contribution in [2.24, 2.45) is 0 Å². The monoisotopic (exact) mass is 341 g/mol. The van der Waals surface area contributed by atoms with E-state index in [1.807, 2.05) is 31.2 Å². The topological polar surface area (TPSA) is 66.8 Å². The van der Waals surface area contributed by atoms with Gasteiger partial charge in [0.05, 0.1) is 12.1 Å². The first-order chi connectivity index (χ1) is 12.0. The second-order valence-electron chi connectivity index (χ2n) is 5.98.